The Balaban J connectivity index is 1.72. The number of rotatable bonds is 6. The van der Waals surface area contributed by atoms with Gasteiger partial charge in [-0.05, 0) is 36.8 Å². The smallest absolute Gasteiger partial charge is 0.325 e. The second kappa shape index (κ2) is 6.93. The molecule has 2 N–H and O–H groups in total. The van der Waals surface area contributed by atoms with Crippen LogP contribution in [0.2, 0.25) is 0 Å². The zero-order valence-corrected chi connectivity index (χ0v) is 11.6. The van der Waals surface area contributed by atoms with Crippen molar-refractivity contribution in [2.24, 2.45) is 0 Å². The van der Waals surface area contributed by atoms with Crippen LogP contribution in [0.1, 0.15) is 36.8 Å². The first-order valence-corrected chi connectivity index (χ1v) is 6.95. The van der Waals surface area contributed by atoms with E-state index in [2.05, 4.69) is 22.8 Å². The normalized spacial score (nSPS) is 13.7. The number of carbonyl (C=O) groups excluding carboxylic acids is 2. The van der Waals surface area contributed by atoms with Crippen LogP contribution in [0.4, 0.5) is 4.79 Å². The van der Waals surface area contributed by atoms with E-state index in [9.17, 15) is 9.59 Å². The van der Waals surface area contributed by atoms with Gasteiger partial charge in [0.05, 0.1) is 6.61 Å². The highest BCUT2D eigenvalue weighted by atomic mass is 16.5. The van der Waals surface area contributed by atoms with E-state index in [0.29, 0.717) is 19.1 Å². The average Bonchev–Trinajstić information content (AvgIpc) is 3.28. The largest absolute Gasteiger partial charge is 0.465 e. The van der Waals surface area contributed by atoms with Crippen molar-refractivity contribution in [1.82, 2.24) is 10.6 Å². The maximum atomic E-state index is 11.5. The van der Waals surface area contributed by atoms with Gasteiger partial charge >= 0.3 is 12.0 Å². The van der Waals surface area contributed by atoms with Gasteiger partial charge in [-0.3, -0.25) is 4.79 Å². The summed E-state index contributed by atoms with van der Waals surface area (Å²) in [6.45, 7) is 2.39. The van der Waals surface area contributed by atoms with Crippen LogP contribution in [-0.4, -0.2) is 25.2 Å². The number of carbonyl (C=O) groups is 2. The SMILES string of the molecule is CCOC(=O)CNC(=O)NCc1cccc(C2CC2)c1. The van der Waals surface area contributed by atoms with Crippen molar-refractivity contribution in [2.75, 3.05) is 13.2 Å². The fourth-order valence-electron chi connectivity index (χ4n) is 1.98. The Kier molecular flexibility index (Phi) is 4.98. The Bertz CT molecular complexity index is 484. The molecule has 1 aromatic rings. The van der Waals surface area contributed by atoms with Crippen LogP contribution in [0.15, 0.2) is 24.3 Å². The maximum Gasteiger partial charge on any atom is 0.325 e. The molecule has 0 atom stereocenters. The first kappa shape index (κ1) is 14.4. The van der Waals surface area contributed by atoms with Crippen LogP contribution in [0.3, 0.4) is 0 Å². The highest BCUT2D eigenvalue weighted by molar-refractivity contribution is 5.80. The molecule has 2 rings (SSSR count). The summed E-state index contributed by atoms with van der Waals surface area (Å²) in [7, 11) is 0. The lowest BCUT2D eigenvalue weighted by molar-refractivity contribution is -0.141. The van der Waals surface area contributed by atoms with E-state index in [1.165, 1.54) is 18.4 Å². The van der Waals surface area contributed by atoms with Gasteiger partial charge in [0.2, 0.25) is 0 Å². The van der Waals surface area contributed by atoms with Crippen LogP contribution in [0.25, 0.3) is 0 Å². The standard InChI is InChI=1S/C15H20N2O3/c1-2-20-14(18)10-17-15(19)16-9-11-4-3-5-13(8-11)12-6-7-12/h3-5,8,12H,2,6-7,9-10H2,1H3,(H2,16,17,19). The molecule has 0 heterocycles. The van der Waals surface area contributed by atoms with E-state index < -0.39 is 5.97 Å². The van der Waals surface area contributed by atoms with Crippen LogP contribution < -0.4 is 10.6 Å². The quantitative estimate of drug-likeness (QED) is 0.780. The molecule has 1 aliphatic carbocycles. The molecular weight excluding hydrogens is 256 g/mol. The summed E-state index contributed by atoms with van der Waals surface area (Å²) in [5.74, 6) is 0.269. The van der Waals surface area contributed by atoms with Crippen LogP contribution >= 0.6 is 0 Å². The number of esters is 1. The molecule has 0 aliphatic heterocycles. The summed E-state index contributed by atoms with van der Waals surface area (Å²) in [4.78, 5) is 22.6. The lowest BCUT2D eigenvalue weighted by atomic mass is 10.1. The summed E-state index contributed by atoms with van der Waals surface area (Å²) < 4.78 is 4.72. The Hall–Kier alpha value is -2.04. The van der Waals surface area contributed by atoms with E-state index in [-0.39, 0.29) is 12.6 Å². The summed E-state index contributed by atoms with van der Waals surface area (Å²) >= 11 is 0. The molecule has 0 unspecified atom stereocenters. The third-order valence-electron chi connectivity index (χ3n) is 3.15. The number of urea groups is 1. The Labute approximate surface area is 118 Å². The molecule has 1 saturated carbocycles. The second-order valence-electron chi connectivity index (χ2n) is 4.86. The number of ether oxygens (including phenoxy) is 1. The van der Waals surface area contributed by atoms with Gasteiger partial charge in [-0.2, -0.15) is 0 Å². The molecule has 5 nitrogen and oxygen atoms in total. The van der Waals surface area contributed by atoms with E-state index in [1.54, 1.807) is 6.92 Å². The summed E-state index contributed by atoms with van der Waals surface area (Å²) in [6, 6.07) is 7.89. The fourth-order valence-corrected chi connectivity index (χ4v) is 1.98. The van der Waals surface area contributed by atoms with Crippen molar-refractivity contribution in [3.63, 3.8) is 0 Å². The Morgan fingerprint density at radius 1 is 1.30 bits per heavy atom. The van der Waals surface area contributed by atoms with Crippen molar-refractivity contribution in [3.8, 4) is 0 Å². The highest BCUT2D eigenvalue weighted by Gasteiger charge is 2.23. The van der Waals surface area contributed by atoms with Crippen LogP contribution in [0.5, 0.6) is 0 Å². The molecule has 0 saturated heterocycles. The molecular formula is C15H20N2O3. The van der Waals surface area contributed by atoms with Crippen molar-refractivity contribution >= 4 is 12.0 Å². The summed E-state index contributed by atoms with van der Waals surface area (Å²) in [6.07, 6.45) is 2.52. The molecule has 20 heavy (non-hydrogen) atoms. The highest BCUT2D eigenvalue weighted by Crippen LogP contribution is 2.40. The van der Waals surface area contributed by atoms with Gasteiger partial charge < -0.3 is 15.4 Å². The predicted octanol–water partition coefficient (Wildman–Crippen LogP) is 1.93. The monoisotopic (exact) mass is 276 g/mol. The molecule has 5 heteroatoms. The Morgan fingerprint density at radius 3 is 2.80 bits per heavy atom. The molecule has 1 aromatic carbocycles. The zero-order valence-electron chi connectivity index (χ0n) is 11.6. The second-order valence-corrected chi connectivity index (χ2v) is 4.86. The van der Waals surface area contributed by atoms with Crippen LogP contribution in [0, 0.1) is 0 Å². The van der Waals surface area contributed by atoms with Gasteiger partial charge in [0.1, 0.15) is 6.54 Å². The topological polar surface area (TPSA) is 67.4 Å². The van der Waals surface area contributed by atoms with Gasteiger partial charge in [-0.25, -0.2) is 4.79 Å². The Morgan fingerprint density at radius 2 is 2.10 bits per heavy atom. The minimum absolute atomic E-state index is 0.109. The van der Waals surface area contributed by atoms with Crippen molar-refractivity contribution in [2.45, 2.75) is 32.2 Å². The number of hydrogen-bond donors (Lipinski definition) is 2. The van der Waals surface area contributed by atoms with E-state index in [4.69, 9.17) is 4.74 Å². The third-order valence-corrected chi connectivity index (χ3v) is 3.15. The number of amides is 2. The molecule has 2 amide bonds. The molecule has 1 fully saturated rings. The van der Waals surface area contributed by atoms with Crippen molar-refractivity contribution < 1.29 is 14.3 Å². The molecule has 108 valence electrons. The predicted molar refractivity (Wildman–Crippen MR) is 75.3 cm³/mol. The minimum atomic E-state index is -0.432. The first-order chi connectivity index (χ1) is 9.69. The lowest BCUT2D eigenvalue weighted by Gasteiger charge is -2.08. The van der Waals surface area contributed by atoms with E-state index in [1.807, 2.05) is 12.1 Å². The minimum Gasteiger partial charge on any atom is -0.465 e. The number of hydrogen-bond acceptors (Lipinski definition) is 3. The lowest BCUT2D eigenvalue weighted by Crippen LogP contribution is -2.38. The van der Waals surface area contributed by atoms with Crippen molar-refractivity contribution in [1.29, 1.82) is 0 Å². The molecule has 0 aromatic heterocycles. The number of nitrogens with one attached hydrogen (secondary N) is 2. The zero-order chi connectivity index (χ0) is 14.4. The number of benzene rings is 1. The molecule has 0 bridgehead atoms. The van der Waals surface area contributed by atoms with Gasteiger partial charge in [0, 0.05) is 6.54 Å². The van der Waals surface area contributed by atoms with Crippen LogP contribution in [-0.2, 0) is 16.1 Å². The molecule has 0 spiro atoms. The van der Waals surface area contributed by atoms with Gasteiger partial charge in [-0.15, -0.1) is 0 Å². The van der Waals surface area contributed by atoms with Gasteiger partial charge in [0.15, 0.2) is 0 Å². The van der Waals surface area contributed by atoms with Gasteiger partial charge in [0.25, 0.3) is 0 Å². The van der Waals surface area contributed by atoms with Crippen molar-refractivity contribution in [3.05, 3.63) is 35.4 Å². The summed E-state index contributed by atoms with van der Waals surface area (Å²) in [5.41, 5.74) is 2.41. The first-order valence-electron chi connectivity index (χ1n) is 6.95. The maximum absolute atomic E-state index is 11.5. The fraction of sp³-hybridized carbons (Fsp3) is 0.467. The van der Waals surface area contributed by atoms with E-state index in [0.717, 1.165) is 5.56 Å². The average molecular weight is 276 g/mol. The summed E-state index contributed by atoms with van der Waals surface area (Å²) in [5, 5.41) is 5.19. The third kappa shape index (κ3) is 4.57. The molecule has 0 radical (unpaired) electrons. The van der Waals surface area contributed by atoms with E-state index >= 15 is 0 Å². The van der Waals surface area contributed by atoms with Gasteiger partial charge in [-0.1, -0.05) is 24.3 Å². The molecule has 1 aliphatic rings.